The van der Waals surface area contributed by atoms with Gasteiger partial charge in [-0.05, 0) is 24.1 Å². The first-order valence-corrected chi connectivity index (χ1v) is 9.59. The number of hydrogen-bond acceptors (Lipinski definition) is 7. The molecule has 0 saturated carbocycles. The molecule has 1 amide bonds. The molecule has 0 heterocycles. The van der Waals surface area contributed by atoms with Crippen LogP contribution in [0.2, 0.25) is 0 Å². The average Bonchev–Trinajstić information content (AvgIpc) is 2.75. The molecule has 0 saturated heterocycles. The Morgan fingerprint density at radius 2 is 1.61 bits per heavy atom. The van der Waals surface area contributed by atoms with Crippen molar-refractivity contribution in [1.29, 1.82) is 0 Å². The van der Waals surface area contributed by atoms with E-state index in [0.717, 1.165) is 12.1 Å². The molecule has 0 aromatic heterocycles. The summed E-state index contributed by atoms with van der Waals surface area (Å²) in [5, 5.41) is 0.582. The standard InChI is InChI=1S/C21H31F2NO7/c1-5-21(2,3)19(25)24(15-16-12-17(22)14-18(23)13-16)31-20(26)30-11-10-29-9-8-28-7-6-27-4/h12-14H,5-11,15H2,1-4H3/i1D,5D. The Balaban J connectivity index is 2.68. The predicted molar refractivity (Wildman–Crippen MR) is 107 cm³/mol. The molecule has 1 aromatic rings. The third-order valence-electron chi connectivity index (χ3n) is 3.97. The van der Waals surface area contributed by atoms with Gasteiger partial charge in [0.15, 0.2) is 0 Å². The maximum atomic E-state index is 13.6. The maximum absolute atomic E-state index is 13.6. The molecule has 1 atom stereocenters. The Labute approximate surface area is 184 Å². The topological polar surface area (TPSA) is 83.5 Å². The first-order valence-electron chi connectivity index (χ1n) is 10.9. The molecule has 0 bridgehead atoms. The van der Waals surface area contributed by atoms with Crippen LogP contribution in [0.25, 0.3) is 0 Å². The van der Waals surface area contributed by atoms with Crippen molar-refractivity contribution in [2.75, 3.05) is 46.8 Å². The lowest BCUT2D eigenvalue weighted by Crippen LogP contribution is -2.41. The summed E-state index contributed by atoms with van der Waals surface area (Å²) in [5.41, 5.74) is -1.39. The summed E-state index contributed by atoms with van der Waals surface area (Å²) in [4.78, 5) is 30.0. The molecule has 10 heteroatoms. The molecule has 8 nitrogen and oxygen atoms in total. The fourth-order valence-corrected chi connectivity index (χ4v) is 2.19. The monoisotopic (exact) mass is 449 g/mol. The smallest absolute Gasteiger partial charge is 0.430 e. The van der Waals surface area contributed by atoms with Crippen LogP contribution in [0.15, 0.2) is 18.2 Å². The molecule has 0 aliphatic rings. The molecule has 1 unspecified atom stereocenters. The van der Waals surface area contributed by atoms with Gasteiger partial charge in [0.05, 0.1) is 39.6 Å². The van der Waals surface area contributed by atoms with Crippen LogP contribution in [0.5, 0.6) is 0 Å². The van der Waals surface area contributed by atoms with Crippen LogP contribution in [-0.4, -0.2) is 63.9 Å². The third-order valence-corrected chi connectivity index (χ3v) is 3.97. The zero-order chi connectivity index (χ0) is 24.9. The first kappa shape index (κ1) is 23.4. The number of rotatable bonds is 13. The molecule has 31 heavy (non-hydrogen) atoms. The second-order valence-electron chi connectivity index (χ2n) is 6.95. The SMILES string of the molecule is [2H]CC([2H])C(C)(C)C(=O)N(Cc1cc(F)cc(F)c1)OC(=O)OCCOCCOCCOC. The molecule has 1 rings (SSSR count). The molecule has 0 spiro atoms. The molecule has 0 radical (unpaired) electrons. The van der Waals surface area contributed by atoms with Gasteiger partial charge in [0.2, 0.25) is 0 Å². The number of amides is 1. The number of halogens is 2. The van der Waals surface area contributed by atoms with E-state index < -0.39 is 42.1 Å². The minimum absolute atomic E-state index is 0.0219. The summed E-state index contributed by atoms with van der Waals surface area (Å²) in [5.74, 6) is -2.56. The molecule has 0 aliphatic heterocycles. The van der Waals surface area contributed by atoms with Gasteiger partial charge in [0.1, 0.15) is 18.2 Å². The molecule has 1 aromatic carbocycles. The fraction of sp³-hybridized carbons (Fsp3) is 0.619. The van der Waals surface area contributed by atoms with Crippen molar-refractivity contribution in [2.45, 2.75) is 33.7 Å². The number of carbonyl (C=O) groups excluding carboxylic acids is 2. The first-order chi connectivity index (χ1) is 15.6. The second kappa shape index (κ2) is 13.9. The van der Waals surface area contributed by atoms with Crippen LogP contribution in [0, 0.1) is 17.0 Å². The van der Waals surface area contributed by atoms with Gasteiger partial charge in [-0.1, -0.05) is 20.7 Å². The van der Waals surface area contributed by atoms with E-state index in [1.807, 2.05) is 0 Å². The quantitative estimate of drug-likeness (QED) is 0.259. The van der Waals surface area contributed by atoms with Crippen molar-refractivity contribution in [3.63, 3.8) is 0 Å². The van der Waals surface area contributed by atoms with Gasteiger partial charge >= 0.3 is 6.16 Å². The highest BCUT2D eigenvalue weighted by Gasteiger charge is 2.33. The van der Waals surface area contributed by atoms with Crippen LogP contribution in [0.1, 0.15) is 35.4 Å². The lowest BCUT2D eigenvalue weighted by atomic mass is 9.89. The summed E-state index contributed by atoms with van der Waals surface area (Å²) < 4.78 is 62.6. The summed E-state index contributed by atoms with van der Waals surface area (Å²) in [6, 6.07) is 2.63. The third kappa shape index (κ3) is 10.5. The molecular formula is C21H31F2NO7. The zero-order valence-corrected chi connectivity index (χ0v) is 18.0. The number of nitrogens with zero attached hydrogens (tertiary/aromatic N) is 1. The van der Waals surface area contributed by atoms with E-state index in [0.29, 0.717) is 31.0 Å². The highest BCUT2D eigenvalue weighted by molar-refractivity contribution is 5.82. The zero-order valence-electron chi connectivity index (χ0n) is 20.0. The minimum atomic E-state index is -1.42. The Hall–Kier alpha value is -2.30. The molecule has 0 fully saturated rings. The summed E-state index contributed by atoms with van der Waals surface area (Å²) in [6.07, 6.45) is -2.36. The number of hydrogen-bond donors (Lipinski definition) is 0. The highest BCUT2D eigenvalue weighted by atomic mass is 19.1. The van der Waals surface area contributed by atoms with E-state index in [4.69, 9.17) is 26.5 Å². The fourth-order valence-electron chi connectivity index (χ4n) is 2.19. The van der Waals surface area contributed by atoms with Crippen LogP contribution in [0.3, 0.4) is 0 Å². The van der Waals surface area contributed by atoms with Gasteiger partial charge in [0.25, 0.3) is 5.91 Å². The molecular weight excluding hydrogens is 416 g/mol. The lowest BCUT2D eigenvalue weighted by Gasteiger charge is -2.29. The highest BCUT2D eigenvalue weighted by Crippen LogP contribution is 2.25. The van der Waals surface area contributed by atoms with Crippen LogP contribution in [-0.2, 0) is 35.1 Å². The Bertz CT molecular complexity index is 735. The van der Waals surface area contributed by atoms with E-state index in [1.54, 1.807) is 7.11 Å². The van der Waals surface area contributed by atoms with E-state index in [-0.39, 0.29) is 32.3 Å². The van der Waals surface area contributed by atoms with Crippen LogP contribution >= 0.6 is 0 Å². The molecule has 176 valence electrons. The number of carbonyl (C=O) groups is 2. The number of ether oxygens (including phenoxy) is 4. The predicted octanol–water partition coefficient (Wildman–Crippen LogP) is 3.48. The summed E-state index contributed by atoms with van der Waals surface area (Å²) >= 11 is 0. The molecule has 0 aliphatic carbocycles. The summed E-state index contributed by atoms with van der Waals surface area (Å²) in [6.45, 7) is 3.34. The van der Waals surface area contributed by atoms with E-state index in [9.17, 15) is 18.4 Å². The summed E-state index contributed by atoms with van der Waals surface area (Å²) in [7, 11) is 1.56. The van der Waals surface area contributed by atoms with Crippen molar-refractivity contribution in [2.24, 2.45) is 5.41 Å². The number of methoxy groups -OCH3 is 1. The maximum Gasteiger partial charge on any atom is 0.533 e. The van der Waals surface area contributed by atoms with Crippen molar-refractivity contribution >= 4 is 12.1 Å². The number of hydroxylamine groups is 2. The van der Waals surface area contributed by atoms with Gasteiger partial charge in [-0.15, -0.1) is 0 Å². The number of benzene rings is 1. The Kier molecular flexibility index (Phi) is 10.5. The van der Waals surface area contributed by atoms with E-state index in [2.05, 4.69) is 0 Å². The van der Waals surface area contributed by atoms with E-state index >= 15 is 0 Å². The van der Waals surface area contributed by atoms with Crippen molar-refractivity contribution in [3.05, 3.63) is 35.4 Å². The Morgan fingerprint density at radius 3 is 2.19 bits per heavy atom. The van der Waals surface area contributed by atoms with E-state index in [1.165, 1.54) is 13.8 Å². The van der Waals surface area contributed by atoms with Crippen molar-refractivity contribution in [1.82, 2.24) is 5.06 Å². The Morgan fingerprint density at radius 1 is 1.03 bits per heavy atom. The van der Waals surface area contributed by atoms with Crippen molar-refractivity contribution < 1.29 is 44.9 Å². The lowest BCUT2D eigenvalue weighted by molar-refractivity contribution is -0.186. The van der Waals surface area contributed by atoms with Gasteiger partial charge in [0, 0.05) is 21.3 Å². The largest absolute Gasteiger partial charge is 0.533 e. The molecule has 0 N–H and O–H groups in total. The van der Waals surface area contributed by atoms with Gasteiger partial charge in [-0.3, -0.25) is 4.79 Å². The van der Waals surface area contributed by atoms with Gasteiger partial charge in [-0.25, -0.2) is 13.6 Å². The minimum Gasteiger partial charge on any atom is -0.430 e. The van der Waals surface area contributed by atoms with Gasteiger partial charge in [-0.2, -0.15) is 5.06 Å². The van der Waals surface area contributed by atoms with Gasteiger partial charge < -0.3 is 23.8 Å². The second-order valence-corrected chi connectivity index (χ2v) is 6.95. The van der Waals surface area contributed by atoms with Crippen molar-refractivity contribution in [3.8, 4) is 0 Å². The van der Waals surface area contributed by atoms with Crippen LogP contribution < -0.4 is 0 Å². The average molecular weight is 449 g/mol. The normalized spacial score (nSPS) is 13.2. The van der Waals surface area contributed by atoms with Crippen LogP contribution in [0.4, 0.5) is 13.6 Å².